The molecule has 2 aromatic rings. The van der Waals surface area contributed by atoms with Gasteiger partial charge in [-0.1, -0.05) is 23.4 Å². The minimum Gasteiger partial charge on any atom is -0.545 e. The van der Waals surface area contributed by atoms with Crippen LogP contribution < -0.4 is 66.5 Å². The normalized spacial score (nSPS) is 9.75. The van der Waals surface area contributed by atoms with Crippen LogP contribution >= 0.6 is 23.4 Å². The van der Waals surface area contributed by atoms with E-state index in [1.54, 1.807) is 18.2 Å². The second kappa shape index (κ2) is 10.4. The van der Waals surface area contributed by atoms with Gasteiger partial charge in [0.15, 0.2) is 0 Å². The molecule has 1 aromatic carbocycles. The molecule has 1 aromatic heterocycles. The van der Waals surface area contributed by atoms with E-state index in [0.717, 1.165) is 11.8 Å². The molecule has 24 heavy (non-hydrogen) atoms. The summed E-state index contributed by atoms with van der Waals surface area (Å²) in [7, 11) is 1.51. The monoisotopic (exact) mass is 390 g/mol. The summed E-state index contributed by atoms with van der Waals surface area (Å²) in [4.78, 5) is 26.9. The maximum Gasteiger partial charge on any atom is 1.00 e. The fraction of sp³-hybridized carbons (Fsp3) is 0.133. The molecule has 1 N–H and O–H groups in total. The van der Waals surface area contributed by atoms with Crippen LogP contribution in [-0.2, 0) is 4.79 Å². The van der Waals surface area contributed by atoms with Crippen molar-refractivity contribution in [3.63, 3.8) is 0 Å². The smallest absolute Gasteiger partial charge is 0.545 e. The number of rotatable bonds is 6. The first kappa shape index (κ1) is 21.4. The number of halogens is 1. The zero-order chi connectivity index (χ0) is 16.8. The second-order valence-corrected chi connectivity index (χ2v) is 5.70. The largest absolute Gasteiger partial charge is 1.00 e. The van der Waals surface area contributed by atoms with Crippen LogP contribution in [0, 0.1) is 0 Å². The Kier molecular flexibility index (Phi) is 9.28. The van der Waals surface area contributed by atoms with Gasteiger partial charge in [0, 0.05) is 17.8 Å². The van der Waals surface area contributed by atoms with Gasteiger partial charge in [0.1, 0.15) is 10.8 Å². The first-order valence-electron chi connectivity index (χ1n) is 6.44. The number of nitrogens with zero attached hydrogens (tertiary/aromatic N) is 1. The van der Waals surface area contributed by atoms with Crippen molar-refractivity contribution in [3.05, 3.63) is 47.1 Å². The molecule has 0 radical (unpaired) electrons. The van der Waals surface area contributed by atoms with Crippen LogP contribution in [0.1, 0.15) is 10.4 Å². The molecular weight excluding hydrogens is 379 g/mol. The molecule has 6 nitrogen and oxygen atoms in total. The van der Waals surface area contributed by atoms with Gasteiger partial charge in [-0.2, -0.15) is 0 Å². The number of thioether (sulfide) groups is 1. The Hall–Kier alpha value is -0.614. The van der Waals surface area contributed by atoms with Crippen molar-refractivity contribution in [2.45, 2.75) is 5.03 Å². The molecule has 0 aliphatic heterocycles. The van der Waals surface area contributed by atoms with Crippen LogP contribution in [0.25, 0.3) is 0 Å². The first-order chi connectivity index (χ1) is 11.0. The SMILES string of the molecule is COc1ccc(Cl)c(NC(=O)CSc2ncccc2C(=O)[O-])c1.[K+]. The molecule has 0 aliphatic carbocycles. The van der Waals surface area contributed by atoms with Crippen molar-refractivity contribution in [1.29, 1.82) is 0 Å². The van der Waals surface area contributed by atoms with Crippen molar-refractivity contribution >= 4 is 40.9 Å². The zero-order valence-electron chi connectivity index (χ0n) is 13.0. The third kappa shape index (κ3) is 6.03. The number of carboxylic acids is 1. The fourth-order valence-electron chi connectivity index (χ4n) is 1.71. The van der Waals surface area contributed by atoms with Crippen molar-refractivity contribution < 1.29 is 70.8 Å². The Morgan fingerprint density at radius 2 is 2.12 bits per heavy atom. The molecule has 0 saturated heterocycles. The molecule has 1 amide bonds. The number of amides is 1. The zero-order valence-corrected chi connectivity index (χ0v) is 17.7. The summed E-state index contributed by atoms with van der Waals surface area (Å²) >= 11 is 7.01. The number of aromatic carboxylic acids is 1. The number of anilines is 1. The number of aromatic nitrogens is 1. The molecule has 0 saturated carbocycles. The Bertz CT molecular complexity index is 745. The summed E-state index contributed by atoms with van der Waals surface area (Å²) in [6.45, 7) is 0. The Labute approximate surface area is 190 Å². The van der Waals surface area contributed by atoms with Crippen LogP contribution in [0.4, 0.5) is 5.69 Å². The first-order valence-corrected chi connectivity index (χ1v) is 7.80. The molecule has 0 fully saturated rings. The Balaban J connectivity index is 0.00000288. The van der Waals surface area contributed by atoms with E-state index in [-0.39, 0.29) is 73.6 Å². The van der Waals surface area contributed by atoms with Gasteiger partial charge in [0.25, 0.3) is 0 Å². The summed E-state index contributed by atoms with van der Waals surface area (Å²) in [5, 5.41) is 14.2. The predicted octanol–water partition coefficient (Wildman–Crippen LogP) is -1.16. The number of pyridine rings is 1. The third-order valence-electron chi connectivity index (χ3n) is 2.78. The van der Waals surface area contributed by atoms with Gasteiger partial charge in [-0.05, 0) is 24.3 Å². The van der Waals surface area contributed by atoms with Crippen LogP contribution in [0.3, 0.4) is 0 Å². The molecule has 1 heterocycles. The van der Waals surface area contributed by atoms with Gasteiger partial charge in [-0.15, -0.1) is 0 Å². The van der Waals surface area contributed by atoms with Crippen molar-refractivity contribution in [2.24, 2.45) is 0 Å². The van der Waals surface area contributed by atoms with Gasteiger partial charge < -0.3 is 20.0 Å². The minimum atomic E-state index is -1.34. The van der Waals surface area contributed by atoms with Crippen LogP contribution in [0.5, 0.6) is 5.75 Å². The summed E-state index contributed by atoms with van der Waals surface area (Å²) in [5.74, 6) is -1.15. The van der Waals surface area contributed by atoms with Crippen LogP contribution in [0.2, 0.25) is 5.02 Å². The number of carbonyl (C=O) groups is 2. The van der Waals surface area contributed by atoms with Gasteiger partial charge in [0.2, 0.25) is 5.91 Å². The molecule has 0 aliphatic rings. The molecule has 2 rings (SSSR count). The summed E-state index contributed by atoms with van der Waals surface area (Å²) in [5.41, 5.74) is 0.363. The fourth-order valence-corrected chi connectivity index (χ4v) is 2.66. The van der Waals surface area contributed by atoms with Crippen molar-refractivity contribution in [1.82, 2.24) is 4.98 Å². The Morgan fingerprint density at radius 3 is 2.79 bits per heavy atom. The number of hydrogen-bond donors (Lipinski definition) is 1. The maximum absolute atomic E-state index is 12.0. The van der Waals surface area contributed by atoms with Gasteiger partial charge in [-0.3, -0.25) is 4.79 Å². The number of carbonyl (C=O) groups excluding carboxylic acids is 2. The summed E-state index contributed by atoms with van der Waals surface area (Å²) < 4.78 is 5.07. The van der Waals surface area contributed by atoms with E-state index in [0.29, 0.717) is 16.5 Å². The van der Waals surface area contributed by atoms with Gasteiger partial charge in [0.05, 0.1) is 29.5 Å². The number of ether oxygens (including phenoxy) is 1. The molecular formula is C15H12ClKN2O4S. The molecule has 9 heteroatoms. The number of methoxy groups -OCH3 is 1. The average molecular weight is 391 g/mol. The molecule has 0 bridgehead atoms. The number of hydrogen-bond acceptors (Lipinski definition) is 6. The van der Waals surface area contributed by atoms with Crippen LogP contribution in [0.15, 0.2) is 41.6 Å². The van der Waals surface area contributed by atoms with E-state index in [4.69, 9.17) is 16.3 Å². The van der Waals surface area contributed by atoms with Gasteiger partial charge in [-0.25, -0.2) is 4.98 Å². The van der Waals surface area contributed by atoms with E-state index in [2.05, 4.69) is 10.3 Å². The Morgan fingerprint density at radius 1 is 1.38 bits per heavy atom. The topological polar surface area (TPSA) is 91.3 Å². The number of benzene rings is 1. The summed E-state index contributed by atoms with van der Waals surface area (Å²) in [6.07, 6.45) is 1.45. The predicted molar refractivity (Wildman–Crippen MR) is 85.9 cm³/mol. The number of nitrogens with one attached hydrogen (secondary N) is 1. The van der Waals surface area contributed by atoms with Crippen molar-refractivity contribution in [2.75, 3.05) is 18.2 Å². The average Bonchev–Trinajstić information content (AvgIpc) is 2.55. The van der Waals surface area contributed by atoms with E-state index in [9.17, 15) is 14.7 Å². The molecule has 120 valence electrons. The minimum absolute atomic E-state index is 0. The third-order valence-corrected chi connectivity index (χ3v) is 4.11. The molecule has 0 spiro atoms. The number of carboxylic acid groups (broad SMARTS) is 1. The van der Waals surface area contributed by atoms with Gasteiger partial charge >= 0.3 is 51.4 Å². The molecule has 0 unspecified atom stereocenters. The van der Waals surface area contributed by atoms with E-state index in [1.165, 1.54) is 25.4 Å². The standard InChI is InChI=1S/C15H13ClN2O4S.K/c1-22-9-4-5-11(16)12(7-9)18-13(19)8-23-14-10(15(20)21)3-2-6-17-14;/h2-7H,8H2,1H3,(H,18,19)(H,20,21);/q;+1/p-1. The van der Waals surface area contributed by atoms with Crippen LogP contribution in [-0.4, -0.2) is 29.7 Å². The van der Waals surface area contributed by atoms with E-state index >= 15 is 0 Å². The van der Waals surface area contributed by atoms with Crippen molar-refractivity contribution in [3.8, 4) is 5.75 Å². The van der Waals surface area contributed by atoms with E-state index in [1.807, 2.05) is 0 Å². The maximum atomic E-state index is 12.0. The van der Waals surface area contributed by atoms with E-state index < -0.39 is 5.97 Å². The second-order valence-electron chi connectivity index (χ2n) is 4.33. The quantitative estimate of drug-likeness (QED) is 0.494. The summed E-state index contributed by atoms with van der Waals surface area (Å²) in [6, 6.07) is 7.74. The molecule has 0 atom stereocenters.